The summed E-state index contributed by atoms with van der Waals surface area (Å²) >= 11 is 0. The summed E-state index contributed by atoms with van der Waals surface area (Å²) in [6.45, 7) is 5.72. The second-order valence-electron chi connectivity index (χ2n) is 7.87. The molecule has 0 saturated heterocycles. The highest BCUT2D eigenvalue weighted by molar-refractivity contribution is 7.92. The molecule has 2 aromatic rings. The van der Waals surface area contributed by atoms with E-state index in [2.05, 4.69) is 19.2 Å². The summed E-state index contributed by atoms with van der Waals surface area (Å²) in [5.74, 6) is 0.724. The van der Waals surface area contributed by atoms with Crippen molar-refractivity contribution in [3.05, 3.63) is 54.1 Å². The number of carbonyl (C=O) groups excluding carboxylic acids is 1. The number of sulfonamides is 1. The number of nitrogens with one attached hydrogen (secondary N) is 1. The summed E-state index contributed by atoms with van der Waals surface area (Å²) in [6.07, 6.45) is 1.79. The van der Waals surface area contributed by atoms with Crippen LogP contribution in [-0.4, -0.2) is 40.8 Å². The number of hydrogen-bond acceptors (Lipinski definition) is 5. The molecule has 31 heavy (non-hydrogen) atoms. The van der Waals surface area contributed by atoms with Crippen LogP contribution in [0.4, 0.5) is 5.69 Å². The van der Waals surface area contributed by atoms with Crippen molar-refractivity contribution in [3.8, 4) is 11.5 Å². The van der Waals surface area contributed by atoms with Gasteiger partial charge in [-0.3, -0.25) is 9.10 Å². The molecule has 1 amide bonds. The summed E-state index contributed by atoms with van der Waals surface area (Å²) in [5, 5.41) is 3.04. The van der Waals surface area contributed by atoms with E-state index >= 15 is 0 Å². The first-order chi connectivity index (χ1) is 14.6. The van der Waals surface area contributed by atoms with Gasteiger partial charge in [0.1, 0.15) is 17.5 Å². The van der Waals surface area contributed by atoms with E-state index in [0.717, 1.165) is 22.5 Å². The smallest absolute Gasteiger partial charge is 0.244 e. The highest BCUT2D eigenvalue weighted by Gasteiger charge is 2.33. The molecule has 0 heterocycles. The van der Waals surface area contributed by atoms with Crippen LogP contribution in [0.25, 0.3) is 0 Å². The molecule has 0 bridgehead atoms. The topological polar surface area (TPSA) is 84.9 Å². The lowest BCUT2D eigenvalue weighted by Crippen LogP contribution is -2.48. The van der Waals surface area contributed by atoms with Crippen molar-refractivity contribution in [3.63, 3.8) is 0 Å². The van der Waals surface area contributed by atoms with E-state index in [0.29, 0.717) is 17.4 Å². The Morgan fingerprint density at radius 2 is 1.68 bits per heavy atom. The summed E-state index contributed by atoms with van der Waals surface area (Å²) in [7, 11) is -0.868. The minimum Gasteiger partial charge on any atom is -0.497 e. The van der Waals surface area contributed by atoms with Gasteiger partial charge in [-0.1, -0.05) is 44.2 Å². The van der Waals surface area contributed by atoms with Crippen LogP contribution >= 0.6 is 0 Å². The van der Waals surface area contributed by atoms with Gasteiger partial charge >= 0.3 is 0 Å². The van der Waals surface area contributed by atoms with Gasteiger partial charge in [0.15, 0.2) is 0 Å². The lowest BCUT2D eigenvalue weighted by Gasteiger charge is -2.31. The minimum atomic E-state index is -3.81. The van der Waals surface area contributed by atoms with Gasteiger partial charge in [-0.05, 0) is 37.0 Å². The fourth-order valence-electron chi connectivity index (χ4n) is 3.48. The van der Waals surface area contributed by atoms with Gasteiger partial charge in [-0.15, -0.1) is 0 Å². The number of benzene rings is 2. The van der Waals surface area contributed by atoms with Crippen LogP contribution in [0.3, 0.4) is 0 Å². The average Bonchev–Trinajstić information content (AvgIpc) is 2.72. The van der Waals surface area contributed by atoms with Crippen LogP contribution in [0.15, 0.2) is 48.5 Å². The monoisotopic (exact) mass is 448 g/mol. The van der Waals surface area contributed by atoms with Crippen LogP contribution < -0.4 is 19.1 Å². The van der Waals surface area contributed by atoms with Crippen LogP contribution in [0.5, 0.6) is 11.5 Å². The van der Waals surface area contributed by atoms with Crippen LogP contribution in [0.1, 0.15) is 38.8 Å². The average molecular weight is 449 g/mol. The molecule has 8 heteroatoms. The number of methoxy groups -OCH3 is 2. The van der Waals surface area contributed by atoms with Crippen molar-refractivity contribution in [2.75, 3.05) is 24.8 Å². The Labute approximate surface area is 185 Å². The molecule has 0 aliphatic heterocycles. The Kier molecular flexibility index (Phi) is 8.33. The number of nitrogens with zero attached hydrogens (tertiary/aromatic N) is 1. The SMILES string of the molecule is COc1ccc(OC)c(N([C@@H](C)C(=O)N[C@H](CC(C)C)c2ccccc2)S(C)(=O)=O)c1. The molecule has 170 valence electrons. The Morgan fingerprint density at radius 3 is 2.19 bits per heavy atom. The maximum Gasteiger partial charge on any atom is 0.244 e. The molecule has 0 spiro atoms. The molecule has 0 radical (unpaired) electrons. The van der Waals surface area contributed by atoms with E-state index < -0.39 is 22.0 Å². The van der Waals surface area contributed by atoms with E-state index in [1.54, 1.807) is 25.1 Å². The van der Waals surface area contributed by atoms with Gasteiger partial charge in [0.2, 0.25) is 15.9 Å². The molecular weight excluding hydrogens is 416 g/mol. The number of amides is 1. The van der Waals surface area contributed by atoms with E-state index in [1.165, 1.54) is 14.2 Å². The molecule has 7 nitrogen and oxygen atoms in total. The van der Waals surface area contributed by atoms with Gasteiger partial charge in [-0.25, -0.2) is 8.42 Å². The van der Waals surface area contributed by atoms with Gasteiger partial charge in [0.05, 0.1) is 32.2 Å². The molecule has 1 N–H and O–H groups in total. The summed E-state index contributed by atoms with van der Waals surface area (Å²) in [5.41, 5.74) is 1.22. The summed E-state index contributed by atoms with van der Waals surface area (Å²) in [6, 6.07) is 13.3. The Morgan fingerprint density at radius 1 is 1.03 bits per heavy atom. The van der Waals surface area contributed by atoms with Crippen molar-refractivity contribution in [2.24, 2.45) is 5.92 Å². The van der Waals surface area contributed by atoms with Crippen molar-refractivity contribution < 1.29 is 22.7 Å². The lowest BCUT2D eigenvalue weighted by atomic mass is 9.96. The highest BCUT2D eigenvalue weighted by Crippen LogP contribution is 2.35. The fourth-order valence-corrected chi connectivity index (χ4v) is 4.65. The Balaban J connectivity index is 2.41. The predicted octanol–water partition coefficient (Wildman–Crippen LogP) is 3.76. The molecule has 0 aliphatic carbocycles. The van der Waals surface area contributed by atoms with Gasteiger partial charge < -0.3 is 14.8 Å². The first-order valence-electron chi connectivity index (χ1n) is 10.1. The third-order valence-corrected chi connectivity index (χ3v) is 6.17. The highest BCUT2D eigenvalue weighted by atomic mass is 32.2. The molecule has 2 atom stereocenters. The molecule has 0 aromatic heterocycles. The quantitative estimate of drug-likeness (QED) is 0.598. The molecule has 2 aromatic carbocycles. The third kappa shape index (κ3) is 6.37. The number of hydrogen-bond donors (Lipinski definition) is 1. The molecular formula is C23H32N2O5S. The van der Waals surface area contributed by atoms with Gasteiger partial charge in [-0.2, -0.15) is 0 Å². The van der Waals surface area contributed by atoms with E-state index in [9.17, 15) is 13.2 Å². The summed E-state index contributed by atoms with van der Waals surface area (Å²) in [4.78, 5) is 13.2. The van der Waals surface area contributed by atoms with E-state index in [4.69, 9.17) is 9.47 Å². The number of rotatable bonds is 10. The second kappa shape index (κ2) is 10.5. The zero-order valence-corrected chi connectivity index (χ0v) is 19.8. The van der Waals surface area contributed by atoms with Crippen molar-refractivity contribution in [2.45, 2.75) is 39.3 Å². The molecule has 2 rings (SSSR count). The maximum atomic E-state index is 13.2. The largest absolute Gasteiger partial charge is 0.497 e. The second-order valence-corrected chi connectivity index (χ2v) is 9.73. The molecule has 0 aliphatic rings. The fraction of sp³-hybridized carbons (Fsp3) is 0.435. The zero-order valence-electron chi connectivity index (χ0n) is 19.0. The minimum absolute atomic E-state index is 0.232. The Bertz CT molecular complexity index is 977. The van der Waals surface area contributed by atoms with Crippen molar-refractivity contribution >= 4 is 21.6 Å². The number of carbonyl (C=O) groups is 1. The predicted molar refractivity (Wildman–Crippen MR) is 123 cm³/mol. The van der Waals surface area contributed by atoms with Crippen molar-refractivity contribution in [1.29, 1.82) is 0 Å². The number of anilines is 1. The third-order valence-electron chi connectivity index (χ3n) is 4.94. The van der Waals surface area contributed by atoms with Crippen LogP contribution in [0.2, 0.25) is 0 Å². The number of ether oxygens (including phenoxy) is 2. The first-order valence-corrected chi connectivity index (χ1v) is 12.0. The molecule has 0 unspecified atom stereocenters. The van der Waals surface area contributed by atoms with E-state index in [-0.39, 0.29) is 11.7 Å². The van der Waals surface area contributed by atoms with Gasteiger partial charge in [0, 0.05) is 6.07 Å². The van der Waals surface area contributed by atoms with Crippen LogP contribution in [0, 0.1) is 5.92 Å². The van der Waals surface area contributed by atoms with Crippen LogP contribution in [-0.2, 0) is 14.8 Å². The standard InChI is InChI=1S/C23H32N2O5S/c1-16(2)14-20(18-10-8-7-9-11-18)24-23(26)17(3)25(31(6,27)28)21-15-19(29-4)12-13-22(21)30-5/h7-13,15-17,20H,14H2,1-6H3,(H,24,26)/t17-,20+/m0/s1. The normalized spacial score (nSPS) is 13.4. The van der Waals surface area contributed by atoms with Crippen molar-refractivity contribution in [1.82, 2.24) is 5.32 Å². The Hall–Kier alpha value is -2.74. The zero-order chi connectivity index (χ0) is 23.2. The summed E-state index contributed by atoms with van der Waals surface area (Å²) < 4.78 is 37.1. The molecule has 0 saturated carbocycles. The van der Waals surface area contributed by atoms with E-state index in [1.807, 2.05) is 30.3 Å². The lowest BCUT2D eigenvalue weighted by molar-refractivity contribution is -0.122. The molecule has 0 fully saturated rings. The maximum absolute atomic E-state index is 13.2. The first kappa shape index (κ1) is 24.5. The van der Waals surface area contributed by atoms with Gasteiger partial charge in [0.25, 0.3) is 0 Å².